The molecule has 3 nitrogen and oxygen atoms in total. The van der Waals surface area contributed by atoms with Crippen LogP contribution in [0.25, 0.3) is 0 Å². The third-order valence-electron chi connectivity index (χ3n) is 2.68. The van der Waals surface area contributed by atoms with Crippen molar-refractivity contribution < 1.29 is 17.9 Å². The summed E-state index contributed by atoms with van der Waals surface area (Å²) in [6.07, 6.45) is 1.50. The Morgan fingerprint density at radius 2 is 1.86 bits per heavy atom. The molecule has 2 rings (SSSR count). The number of benzene rings is 1. The van der Waals surface area contributed by atoms with Crippen LogP contribution in [-0.4, -0.2) is 11.1 Å². The lowest BCUT2D eigenvalue weighted by atomic mass is 10.2. The predicted octanol–water partition coefficient (Wildman–Crippen LogP) is 3.90. The molecule has 2 aromatic rings. The highest BCUT2D eigenvalue weighted by molar-refractivity contribution is 5.52. The molecule has 0 atom stereocenters. The summed E-state index contributed by atoms with van der Waals surface area (Å²) in [6, 6.07) is 4.76. The monoisotopic (exact) mass is 296 g/mol. The fourth-order valence-corrected chi connectivity index (χ4v) is 1.73. The van der Waals surface area contributed by atoms with Crippen LogP contribution in [-0.2, 0) is 6.54 Å². The summed E-state index contributed by atoms with van der Waals surface area (Å²) in [6.45, 7) is 3.70. The molecular formula is C15H15F3N2O. The summed E-state index contributed by atoms with van der Waals surface area (Å²) in [5.41, 5.74) is 0.573. The summed E-state index contributed by atoms with van der Waals surface area (Å²) >= 11 is 0. The summed E-state index contributed by atoms with van der Waals surface area (Å²) < 4.78 is 45.1. The Hall–Kier alpha value is -2.24. The summed E-state index contributed by atoms with van der Waals surface area (Å²) in [5.74, 6) is -2.73. The molecule has 112 valence electrons. The second kappa shape index (κ2) is 6.47. The maximum absolute atomic E-state index is 13.6. The third-order valence-corrected chi connectivity index (χ3v) is 2.68. The molecule has 0 bridgehead atoms. The van der Waals surface area contributed by atoms with Gasteiger partial charge < -0.3 is 10.1 Å². The van der Waals surface area contributed by atoms with Crippen molar-refractivity contribution in [3.05, 3.63) is 53.5 Å². The lowest BCUT2D eigenvalue weighted by molar-refractivity contribution is 0.234. The molecule has 21 heavy (non-hydrogen) atoms. The normalized spacial score (nSPS) is 10.8. The topological polar surface area (TPSA) is 34.1 Å². The van der Waals surface area contributed by atoms with Crippen molar-refractivity contribution in [1.29, 1.82) is 0 Å². The molecule has 1 aromatic heterocycles. The Morgan fingerprint density at radius 1 is 1.14 bits per heavy atom. The SMILES string of the molecule is CC(C)Oc1ncccc1NCc1cc(F)c(F)cc1F. The van der Waals surface area contributed by atoms with Gasteiger partial charge in [0.15, 0.2) is 11.6 Å². The van der Waals surface area contributed by atoms with E-state index in [1.54, 1.807) is 18.3 Å². The molecule has 6 heteroatoms. The molecule has 0 amide bonds. The molecule has 0 aliphatic rings. The summed E-state index contributed by atoms with van der Waals surface area (Å²) in [5, 5.41) is 2.91. The Morgan fingerprint density at radius 3 is 2.57 bits per heavy atom. The van der Waals surface area contributed by atoms with Crippen molar-refractivity contribution in [1.82, 2.24) is 4.98 Å². The number of pyridine rings is 1. The Labute approximate surface area is 120 Å². The van der Waals surface area contributed by atoms with Crippen LogP contribution in [0, 0.1) is 17.5 Å². The minimum absolute atomic E-state index is 0.0107. The lowest BCUT2D eigenvalue weighted by Crippen LogP contribution is -2.10. The van der Waals surface area contributed by atoms with Crippen LogP contribution in [0.3, 0.4) is 0 Å². The number of anilines is 1. The second-order valence-corrected chi connectivity index (χ2v) is 4.73. The van der Waals surface area contributed by atoms with Crippen LogP contribution in [0.4, 0.5) is 18.9 Å². The molecule has 0 saturated heterocycles. The van der Waals surface area contributed by atoms with E-state index >= 15 is 0 Å². The average Bonchev–Trinajstić information content (AvgIpc) is 2.42. The molecule has 0 spiro atoms. The first-order valence-corrected chi connectivity index (χ1v) is 6.46. The van der Waals surface area contributed by atoms with Gasteiger partial charge in [-0.15, -0.1) is 0 Å². The first-order valence-electron chi connectivity index (χ1n) is 6.46. The van der Waals surface area contributed by atoms with Crippen molar-refractivity contribution in [3.63, 3.8) is 0 Å². The summed E-state index contributed by atoms with van der Waals surface area (Å²) in [7, 11) is 0. The van der Waals surface area contributed by atoms with E-state index in [0.29, 0.717) is 17.6 Å². The molecule has 1 heterocycles. The Kier molecular flexibility index (Phi) is 4.67. The zero-order chi connectivity index (χ0) is 15.4. The average molecular weight is 296 g/mol. The van der Waals surface area contributed by atoms with Gasteiger partial charge in [0.2, 0.25) is 5.88 Å². The fourth-order valence-electron chi connectivity index (χ4n) is 1.73. The standard InChI is InChI=1S/C15H15F3N2O/c1-9(2)21-15-14(4-3-5-19-15)20-8-10-6-12(17)13(18)7-11(10)16/h3-7,9,20H,8H2,1-2H3. The fraction of sp³-hybridized carbons (Fsp3) is 0.267. The number of aromatic nitrogens is 1. The first kappa shape index (κ1) is 15.2. The molecule has 1 N–H and O–H groups in total. The number of halogens is 3. The molecule has 1 aromatic carbocycles. The van der Waals surface area contributed by atoms with E-state index in [2.05, 4.69) is 10.3 Å². The number of nitrogens with zero attached hydrogens (tertiary/aromatic N) is 1. The van der Waals surface area contributed by atoms with Crippen LogP contribution < -0.4 is 10.1 Å². The van der Waals surface area contributed by atoms with Gasteiger partial charge in [-0.25, -0.2) is 18.2 Å². The van der Waals surface area contributed by atoms with Gasteiger partial charge >= 0.3 is 0 Å². The molecule has 0 radical (unpaired) electrons. The van der Waals surface area contributed by atoms with Crippen LogP contribution in [0.2, 0.25) is 0 Å². The number of rotatable bonds is 5. The van der Waals surface area contributed by atoms with Gasteiger partial charge in [-0.3, -0.25) is 0 Å². The maximum atomic E-state index is 13.6. The van der Waals surface area contributed by atoms with Crippen molar-refractivity contribution in [2.75, 3.05) is 5.32 Å². The number of nitrogens with one attached hydrogen (secondary N) is 1. The van der Waals surface area contributed by atoms with E-state index in [1.807, 2.05) is 13.8 Å². The number of ether oxygens (including phenoxy) is 1. The van der Waals surface area contributed by atoms with Crippen molar-refractivity contribution in [2.24, 2.45) is 0 Å². The van der Waals surface area contributed by atoms with Gasteiger partial charge in [-0.1, -0.05) is 0 Å². The lowest BCUT2D eigenvalue weighted by Gasteiger charge is -2.14. The van der Waals surface area contributed by atoms with E-state index in [9.17, 15) is 13.2 Å². The minimum atomic E-state index is -1.21. The molecule has 0 fully saturated rings. The zero-order valence-corrected chi connectivity index (χ0v) is 11.7. The van der Waals surface area contributed by atoms with Crippen molar-refractivity contribution >= 4 is 5.69 Å². The highest BCUT2D eigenvalue weighted by Gasteiger charge is 2.11. The molecule has 0 aliphatic heterocycles. The van der Waals surface area contributed by atoms with Gasteiger partial charge in [0, 0.05) is 24.4 Å². The van der Waals surface area contributed by atoms with Crippen molar-refractivity contribution in [3.8, 4) is 5.88 Å². The van der Waals surface area contributed by atoms with E-state index in [1.165, 1.54) is 0 Å². The first-order chi connectivity index (χ1) is 9.97. The Balaban J connectivity index is 2.15. The van der Waals surface area contributed by atoms with Gasteiger partial charge in [0.05, 0.1) is 11.8 Å². The molecular weight excluding hydrogens is 281 g/mol. The predicted molar refractivity (Wildman–Crippen MR) is 73.6 cm³/mol. The van der Waals surface area contributed by atoms with Crippen molar-refractivity contribution in [2.45, 2.75) is 26.5 Å². The minimum Gasteiger partial charge on any atom is -0.473 e. The van der Waals surface area contributed by atoms with Gasteiger partial charge in [-0.2, -0.15) is 0 Å². The van der Waals surface area contributed by atoms with Crippen LogP contribution >= 0.6 is 0 Å². The Bertz CT molecular complexity index is 632. The summed E-state index contributed by atoms with van der Waals surface area (Å²) in [4.78, 5) is 4.07. The van der Waals surface area contributed by atoms with E-state index in [-0.39, 0.29) is 18.2 Å². The van der Waals surface area contributed by atoms with Gasteiger partial charge in [0.1, 0.15) is 5.82 Å². The zero-order valence-electron chi connectivity index (χ0n) is 11.7. The van der Waals surface area contributed by atoms with E-state index in [4.69, 9.17) is 4.74 Å². The second-order valence-electron chi connectivity index (χ2n) is 4.73. The number of hydrogen-bond donors (Lipinski definition) is 1. The molecule has 0 unspecified atom stereocenters. The van der Waals surface area contributed by atoms with Crippen LogP contribution in [0.1, 0.15) is 19.4 Å². The smallest absolute Gasteiger partial charge is 0.237 e. The molecule has 0 aliphatic carbocycles. The van der Waals surface area contributed by atoms with E-state index < -0.39 is 17.5 Å². The molecule has 0 saturated carbocycles. The van der Waals surface area contributed by atoms with Crippen LogP contribution in [0.15, 0.2) is 30.5 Å². The quantitative estimate of drug-likeness (QED) is 0.850. The van der Waals surface area contributed by atoms with E-state index in [0.717, 1.165) is 6.07 Å². The van der Waals surface area contributed by atoms with Crippen LogP contribution in [0.5, 0.6) is 5.88 Å². The maximum Gasteiger partial charge on any atom is 0.237 e. The highest BCUT2D eigenvalue weighted by atomic mass is 19.2. The largest absolute Gasteiger partial charge is 0.473 e. The highest BCUT2D eigenvalue weighted by Crippen LogP contribution is 2.23. The third kappa shape index (κ3) is 3.87. The van der Waals surface area contributed by atoms with Gasteiger partial charge in [0.25, 0.3) is 0 Å². The number of hydrogen-bond acceptors (Lipinski definition) is 3. The van der Waals surface area contributed by atoms with Gasteiger partial charge in [-0.05, 0) is 32.0 Å².